The molecule has 3 rings (SSSR count). The van der Waals surface area contributed by atoms with Gasteiger partial charge >= 0.3 is 0 Å². The molecule has 2 atom stereocenters. The third kappa shape index (κ3) is 2.97. The molecule has 1 aliphatic heterocycles. The second-order valence-corrected chi connectivity index (χ2v) is 5.91. The van der Waals surface area contributed by atoms with Crippen LogP contribution in [0.5, 0.6) is 5.75 Å². The van der Waals surface area contributed by atoms with Crippen molar-refractivity contribution in [2.24, 2.45) is 7.05 Å². The standard InChI is InChI=1S/C16H23N5O/c1-12-7-6-9-14(13-8-4-5-10-15(13)22-3)21(12)11-16-17-19-20(2)18-16/h4-5,8,10,12,14H,6-7,9,11H2,1-3H3/t12-,14-/m1/s1. The van der Waals surface area contributed by atoms with Gasteiger partial charge in [-0.25, -0.2) is 0 Å². The highest BCUT2D eigenvalue weighted by molar-refractivity contribution is 5.36. The van der Waals surface area contributed by atoms with E-state index in [2.05, 4.69) is 39.4 Å². The second-order valence-electron chi connectivity index (χ2n) is 5.91. The van der Waals surface area contributed by atoms with Crippen molar-refractivity contribution in [2.45, 2.75) is 44.8 Å². The Morgan fingerprint density at radius 2 is 2.09 bits per heavy atom. The highest BCUT2D eigenvalue weighted by Gasteiger charge is 2.31. The summed E-state index contributed by atoms with van der Waals surface area (Å²) in [4.78, 5) is 3.99. The Morgan fingerprint density at radius 1 is 1.27 bits per heavy atom. The number of ether oxygens (including phenoxy) is 1. The first-order chi connectivity index (χ1) is 10.7. The van der Waals surface area contributed by atoms with Crippen LogP contribution in [0.1, 0.15) is 43.6 Å². The van der Waals surface area contributed by atoms with E-state index in [0.717, 1.165) is 24.5 Å². The molecule has 1 saturated heterocycles. The molecule has 1 aromatic heterocycles. The Balaban J connectivity index is 1.89. The molecule has 6 nitrogen and oxygen atoms in total. The molecule has 0 bridgehead atoms. The topological polar surface area (TPSA) is 56.1 Å². The van der Waals surface area contributed by atoms with Crippen LogP contribution in [0, 0.1) is 0 Å². The largest absolute Gasteiger partial charge is 0.496 e. The van der Waals surface area contributed by atoms with Gasteiger partial charge in [0.1, 0.15) is 5.75 Å². The zero-order valence-electron chi connectivity index (χ0n) is 13.4. The lowest BCUT2D eigenvalue weighted by Crippen LogP contribution is -2.40. The summed E-state index contributed by atoms with van der Waals surface area (Å²) in [7, 11) is 3.54. The quantitative estimate of drug-likeness (QED) is 0.867. The van der Waals surface area contributed by atoms with Crippen LogP contribution in [0.3, 0.4) is 0 Å². The van der Waals surface area contributed by atoms with Crippen LogP contribution >= 0.6 is 0 Å². The lowest BCUT2D eigenvalue weighted by atomic mass is 9.91. The minimum atomic E-state index is 0.337. The number of hydrogen-bond donors (Lipinski definition) is 0. The van der Waals surface area contributed by atoms with Crippen molar-refractivity contribution < 1.29 is 4.74 Å². The monoisotopic (exact) mass is 301 g/mol. The maximum atomic E-state index is 5.56. The van der Waals surface area contributed by atoms with Gasteiger partial charge < -0.3 is 4.74 Å². The van der Waals surface area contributed by atoms with Gasteiger partial charge in [0.15, 0.2) is 5.82 Å². The average Bonchev–Trinajstić information content (AvgIpc) is 2.94. The Morgan fingerprint density at radius 3 is 2.82 bits per heavy atom. The lowest BCUT2D eigenvalue weighted by molar-refractivity contribution is 0.0797. The number of likely N-dealkylation sites (tertiary alicyclic amines) is 1. The number of tetrazole rings is 1. The molecule has 22 heavy (non-hydrogen) atoms. The fraction of sp³-hybridized carbons (Fsp3) is 0.562. The predicted octanol–water partition coefficient (Wildman–Crippen LogP) is 2.33. The highest BCUT2D eigenvalue weighted by Crippen LogP contribution is 2.38. The summed E-state index contributed by atoms with van der Waals surface area (Å²) in [5, 5.41) is 12.4. The molecule has 6 heteroatoms. The van der Waals surface area contributed by atoms with Crippen LogP contribution < -0.4 is 4.74 Å². The molecule has 2 aromatic rings. The van der Waals surface area contributed by atoms with E-state index < -0.39 is 0 Å². The molecule has 0 unspecified atom stereocenters. The number of benzene rings is 1. The van der Waals surface area contributed by atoms with Gasteiger partial charge in [-0.2, -0.15) is 4.80 Å². The summed E-state index contributed by atoms with van der Waals surface area (Å²) < 4.78 is 5.56. The molecule has 0 amide bonds. The predicted molar refractivity (Wildman–Crippen MR) is 83.4 cm³/mol. The van der Waals surface area contributed by atoms with Gasteiger partial charge in [0.25, 0.3) is 0 Å². The van der Waals surface area contributed by atoms with Gasteiger partial charge in [-0.05, 0) is 31.0 Å². The van der Waals surface area contributed by atoms with Gasteiger partial charge in [-0.3, -0.25) is 4.90 Å². The molecule has 0 radical (unpaired) electrons. The smallest absolute Gasteiger partial charge is 0.188 e. The van der Waals surface area contributed by atoms with Crippen LogP contribution in [0.4, 0.5) is 0 Å². The van der Waals surface area contributed by atoms with Gasteiger partial charge in [0, 0.05) is 17.6 Å². The summed E-state index contributed by atoms with van der Waals surface area (Å²) >= 11 is 0. The molecule has 1 fully saturated rings. The first-order valence-corrected chi connectivity index (χ1v) is 7.80. The van der Waals surface area contributed by atoms with Crippen molar-refractivity contribution in [3.63, 3.8) is 0 Å². The van der Waals surface area contributed by atoms with E-state index in [9.17, 15) is 0 Å². The van der Waals surface area contributed by atoms with E-state index in [0.29, 0.717) is 12.1 Å². The molecule has 0 spiro atoms. The normalized spacial score (nSPS) is 22.7. The van der Waals surface area contributed by atoms with E-state index in [1.807, 2.05) is 12.1 Å². The number of nitrogens with zero attached hydrogens (tertiary/aromatic N) is 5. The van der Waals surface area contributed by atoms with Gasteiger partial charge in [0.05, 0.1) is 20.7 Å². The van der Waals surface area contributed by atoms with E-state index in [1.165, 1.54) is 23.2 Å². The zero-order valence-corrected chi connectivity index (χ0v) is 13.4. The molecule has 1 aromatic carbocycles. The van der Waals surface area contributed by atoms with E-state index in [-0.39, 0.29) is 0 Å². The fourth-order valence-corrected chi connectivity index (χ4v) is 3.34. The molecule has 118 valence electrons. The molecule has 1 aliphatic rings. The van der Waals surface area contributed by atoms with Gasteiger partial charge in [0.2, 0.25) is 0 Å². The zero-order chi connectivity index (χ0) is 15.5. The average molecular weight is 301 g/mol. The van der Waals surface area contributed by atoms with E-state index in [4.69, 9.17) is 4.74 Å². The Kier molecular flexibility index (Phi) is 4.38. The van der Waals surface area contributed by atoms with E-state index in [1.54, 1.807) is 14.2 Å². The third-order valence-electron chi connectivity index (χ3n) is 4.44. The Bertz CT molecular complexity index is 627. The minimum Gasteiger partial charge on any atom is -0.496 e. The minimum absolute atomic E-state index is 0.337. The third-order valence-corrected chi connectivity index (χ3v) is 4.44. The summed E-state index contributed by atoms with van der Waals surface area (Å²) in [6, 6.07) is 9.13. The van der Waals surface area contributed by atoms with Crippen molar-refractivity contribution in [3.8, 4) is 5.75 Å². The maximum Gasteiger partial charge on any atom is 0.188 e. The van der Waals surface area contributed by atoms with Crippen LogP contribution in [-0.2, 0) is 13.6 Å². The maximum absolute atomic E-state index is 5.56. The number of piperidine rings is 1. The summed E-state index contributed by atoms with van der Waals surface area (Å²) in [6.07, 6.45) is 3.56. The van der Waals surface area contributed by atoms with Crippen molar-refractivity contribution in [3.05, 3.63) is 35.7 Å². The van der Waals surface area contributed by atoms with Crippen molar-refractivity contribution in [2.75, 3.05) is 7.11 Å². The summed E-state index contributed by atoms with van der Waals surface area (Å²) in [5.41, 5.74) is 1.25. The SMILES string of the molecule is COc1ccccc1[C@H]1CCC[C@@H](C)N1Cc1nnn(C)n1. The van der Waals surface area contributed by atoms with Gasteiger partial charge in [-0.15, -0.1) is 10.2 Å². The van der Waals surface area contributed by atoms with Crippen LogP contribution in [0.25, 0.3) is 0 Å². The highest BCUT2D eigenvalue weighted by atomic mass is 16.5. The number of hydrogen-bond acceptors (Lipinski definition) is 5. The van der Waals surface area contributed by atoms with Crippen molar-refractivity contribution in [1.29, 1.82) is 0 Å². The number of aryl methyl sites for hydroxylation is 1. The summed E-state index contributed by atoms with van der Waals surface area (Å²) in [6.45, 7) is 3.00. The number of methoxy groups -OCH3 is 1. The summed E-state index contributed by atoms with van der Waals surface area (Å²) in [5.74, 6) is 1.73. The van der Waals surface area contributed by atoms with Gasteiger partial charge in [-0.1, -0.05) is 24.6 Å². The van der Waals surface area contributed by atoms with Crippen molar-refractivity contribution >= 4 is 0 Å². The second kappa shape index (κ2) is 6.44. The van der Waals surface area contributed by atoms with E-state index >= 15 is 0 Å². The molecule has 0 N–H and O–H groups in total. The molecule has 0 aliphatic carbocycles. The van der Waals surface area contributed by atoms with Crippen LogP contribution in [0.2, 0.25) is 0 Å². The van der Waals surface area contributed by atoms with Crippen LogP contribution in [-0.4, -0.2) is 38.3 Å². The molecular formula is C16H23N5O. The van der Waals surface area contributed by atoms with Crippen LogP contribution in [0.15, 0.2) is 24.3 Å². The van der Waals surface area contributed by atoms with Crippen molar-refractivity contribution in [1.82, 2.24) is 25.1 Å². The number of rotatable bonds is 4. The first kappa shape index (κ1) is 15.0. The number of aromatic nitrogens is 4. The fourth-order valence-electron chi connectivity index (χ4n) is 3.34. The molecular weight excluding hydrogens is 278 g/mol. The molecule has 0 saturated carbocycles. The molecule has 2 heterocycles. The first-order valence-electron chi connectivity index (χ1n) is 7.80. The lowest BCUT2D eigenvalue weighted by Gasteiger charge is -2.40. The number of para-hydroxylation sites is 1. The Hall–Kier alpha value is -1.95. The Labute approximate surface area is 131 Å².